The van der Waals surface area contributed by atoms with E-state index in [4.69, 9.17) is 10.2 Å². The monoisotopic (exact) mass is 685 g/mol. The molecule has 0 saturated carbocycles. The van der Waals surface area contributed by atoms with Crippen molar-refractivity contribution in [3.8, 4) is 0 Å². The maximum atomic E-state index is 12.3. The van der Waals surface area contributed by atoms with Crippen molar-refractivity contribution < 1.29 is 58.8 Å². The highest BCUT2D eigenvalue weighted by atomic mass is 16.4. The summed E-state index contributed by atoms with van der Waals surface area (Å²) in [5, 5.41) is 43.4. The number of unbranched alkanes of at least 4 members (excludes halogenated alkanes) is 13. The third-order valence-electron chi connectivity index (χ3n) is 7.84. The zero-order valence-electron chi connectivity index (χ0n) is 27.9. The first kappa shape index (κ1) is 44.0. The van der Waals surface area contributed by atoms with Gasteiger partial charge in [0, 0.05) is 32.1 Å². The Kier molecular flexibility index (Phi) is 25.7. The van der Waals surface area contributed by atoms with Crippen molar-refractivity contribution in [2.75, 3.05) is 0 Å². The maximum Gasteiger partial charge on any atom is 0.326 e. The van der Waals surface area contributed by atoms with E-state index in [2.05, 4.69) is 16.0 Å². The first-order chi connectivity index (χ1) is 22.9. The summed E-state index contributed by atoms with van der Waals surface area (Å²) in [4.78, 5) is 92.0. The standard InChI is InChI=1S/C33H55N3O12/c37-23-15-16-24(31(43)44)34-28(39)21-20-26(33(47)48)36-29(40)22-19-25(32(45)46)35-27(38)17-13-11-9-7-5-3-1-2-4-6-8-10-12-14-18-30(41)42/h23-26H,1-22H2,(H,34,39)(H,35,38)(H,36,40)(H,41,42)(H,43,44)(H,45,46)(H,47,48)/t24-,25-,26-/m0/s1. The molecule has 15 nitrogen and oxygen atoms in total. The van der Waals surface area contributed by atoms with Crippen molar-refractivity contribution >= 4 is 47.9 Å². The van der Waals surface area contributed by atoms with Crippen LogP contribution in [0.5, 0.6) is 0 Å². The fraction of sp³-hybridized carbons (Fsp3) is 0.758. The molecule has 7 N–H and O–H groups in total. The summed E-state index contributed by atoms with van der Waals surface area (Å²) in [6, 6.07) is -4.14. The Hall–Kier alpha value is -4.04. The molecule has 0 aromatic heterocycles. The van der Waals surface area contributed by atoms with Crippen molar-refractivity contribution in [1.29, 1.82) is 0 Å². The fourth-order valence-corrected chi connectivity index (χ4v) is 5.04. The number of aldehydes is 1. The summed E-state index contributed by atoms with van der Waals surface area (Å²) in [7, 11) is 0. The number of rotatable bonds is 32. The van der Waals surface area contributed by atoms with Gasteiger partial charge >= 0.3 is 23.9 Å². The molecule has 0 radical (unpaired) electrons. The van der Waals surface area contributed by atoms with Gasteiger partial charge in [0.15, 0.2) is 0 Å². The number of hydrogen-bond donors (Lipinski definition) is 7. The molecule has 0 unspecified atom stereocenters. The zero-order chi connectivity index (χ0) is 36.2. The molecule has 0 rings (SSSR count). The average molecular weight is 686 g/mol. The minimum atomic E-state index is -1.49. The van der Waals surface area contributed by atoms with E-state index in [0.29, 0.717) is 12.7 Å². The number of hydrogen-bond acceptors (Lipinski definition) is 8. The van der Waals surface area contributed by atoms with E-state index in [1.807, 2.05) is 0 Å². The molecule has 0 aliphatic rings. The van der Waals surface area contributed by atoms with E-state index in [-0.39, 0.29) is 38.5 Å². The lowest BCUT2D eigenvalue weighted by Gasteiger charge is -2.18. The molecule has 3 amide bonds. The largest absolute Gasteiger partial charge is 0.481 e. The molecular formula is C33H55N3O12. The lowest BCUT2D eigenvalue weighted by atomic mass is 10.0. The normalized spacial score (nSPS) is 12.7. The molecule has 0 heterocycles. The summed E-state index contributed by atoms with van der Waals surface area (Å²) in [6.07, 6.45) is 13.7. The predicted octanol–water partition coefficient (Wildman–Crippen LogP) is 3.56. The summed E-state index contributed by atoms with van der Waals surface area (Å²) in [5.74, 6) is -6.87. The van der Waals surface area contributed by atoms with Gasteiger partial charge in [0.05, 0.1) is 0 Å². The van der Waals surface area contributed by atoms with E-state index < -0.39 is 72.6 Å². The van der Waals surface area contributed by atoms with Crippen LogP contribution in [0.25, 0.3) is 0 Å². The number of aliphatic carboxylic acids is 4. The Labute approximate surface area is 282 Å². The van der Waals surface area contributed by atoms with E-state index in [9.17, 15) is 48.6 Å². The molecule has 0 aliphatic carbocycles. The van der Waals surface area contributed by atoms with Crippen molar-refractivity contribution in [1.82, 2.24) is 16.0 Å². The van der Waals surface area contributed by atoms with Gasteiger partial charge < -0.3 is 41.2 Å². The van der Waals surface area contributed by atoms with Gasteiger partial charge in [-0.15, -0.1) is 0 Å². The fourth-order valence-electron chi connectivity index (χ4n) is 5.04. The second kappa shape index (κ2) is 28.0. The second-order valence-corrected chi connectivity index (χ2v) is 12.0. The van der Waals surface area contributed by atoms with Gasteiger partial charge in [-0.1, -0.05) is 77.0 Å². The number of carbonyl (C=O) groups excluding carboxylic acids is 4. The number of carbonyl (C=O) groups is 8. The van der Waals surface area contributed by atoms with Crippen LogP contribution in [0.1, 0.15) is 141 Å². The third kappa shape index (κ3) is 25.1. The Bertz CT molecular complexity index is 1020. The van der Waals surface area contributed by atoms with Crippen LogP contribution in [0.2, 0.25) is 0 Å². The first-order valence-corrected chi connectivity index (χ1v) is 17.1. The number of nitrogens with one attached hydrogen (secondary N) is 3. The molecular weight excluding hydrogens is 630 g/mol. The Morgan fingerprint density at radius 3 is 1.02 bits per heavy atom. The zero-order valence-corrected chi connectivity index (χ0v) is 27.9. The van der Waals surface area contributed by atoms with Crippen LogP contribution in [0.3, 0.4) is 0 Å². The number of amides is 3. The van der Waals surface area contributed by atoms with Crippen LogP contribution >= 0.6 is 0 Å². The quantitative estimate of drug-likeness (QED) is 0.0396. The topological polar surface area (TPSA) is 254 Å². The Morgan fingerprint density at radius 1 is 0.417 bits per heavy atom. The average Bonchev–Trinajstić information content (AvgIpc) is 3.02. The molecule has 0 aromatic carbocycles. The Balaban J connectivity index is 4.18. The molecule has 0 bridgehead atoms. The first-order valence-electron chi connectivity index (χ1n) is 17.1. The van der Waals surface area contributed by atoms with E-state index >= 15 is 0 Å². The van der Waals surface area contributed by atoms with Gasteiger partial charge in [-0.05, 0) is 32.1 Å². The van der Waals surface area contributed by atoms with Crippen molar-refractivity contribution in [2.45, 2.75) is 159 Å². The summed E-state index contributed by atoms with van der Waals surface area (Å²) < 4.78 is 0. The van der Waals surface area contributed by atoms with Gasteiger partial charge in [-0.25, -0.2) is 14.4 Å². The molecule has 274 valence electrons. The summed E-state index contributed by atoms with van der Waals surface area (Å²) >= 11 is 0. The molecule has 0 aliphatic heterocycles. The molecule has 15 heteroatoms. The van der Waals surface area contributed by atoms with Crippen LogP contribution in [0.15, 0.2) is 0 Å². The van der Waals surface area contributed by atoms with Crippen molar-refractivity contribution in [3.63, 3.8) is 0 Å². The van der Waals surface area contributed by atoms with Gasteiger partial charge in [-0.2, -0.15) is 0 Å². The van der Waals surface area contributed by atoms with E-state index in [0.717, 1.165) is 57.8 Å². The second-order valence-electron chi connectivity index (χ2n) is 12.0. The van der Waals surface area contributed by atoms with Gasteiger partial charge in [0.25, 0.3) is 0 Å². The number of carboxylic acids is 4. The summed E-state index contributed by atoms with van der Waals surface area (Å²) in [5.41, 5.74) is 0. The SMILES string of the molecule is O=CCC[C@H](NC(=O)CC[C@H](NC(=O)CC[C@H](NC(=O)CCCCCCCCCCCCCCCCC(=O)O)C(=O)O)C(=O)O)C(=O)O. The summed E-state index contributed by atoms with van der Waals surface area (Å²) in [6.45, 7) is 0. The van der Waals surface area contributed by atoms with E-state index in [1.54, 1.807) is 0 Å². The van der Waals surface area contributed by atoms with Gasteiger partial charge in [-0.3, -0.25) is 19.2 Å². The Morgan fingerprint density at radius 2 is 0.708 bits per heavy atom. The third-order valence-corrected chi connectivity index (χ3v) is 7.84. The molecule has 0 saturated heterocycles. The van der Waals surface area contributed by atoms with Crippen LogP contribution in [-0.4, -0.2) is 86.4 Å². The van der Waals surface area contributed by atoms with Crippen LogP contribution < -0.4 is 16.0 Å². The minimum absolute atomic E-state index is 0.0899. The molecule has 0 aromatic rings. The highest BCUT2D eigenvalue weighted by Gasteiger charge is 2.25. The highest BCUT2D eigenvalue weighted by Crippen LogP contribution is 2.14. The van der Waals surface area contributed by atoms with Crippen LogP contribution in [0.4, 0.5) is 0 Å². The molecule has 0 spiro atoms. The minimum Gasteiger partial charge on any atom is -0.481 e. The lowest BCUT2D eigenvalue weighted by Crippen LogP contribution is -2.45. The van der Waals surface area contributed by atoms with Gasteiger partial charge in [0.2, 0.25) is 17.7 Å². The van der Waals surface area contributed by atoms with E-state index in [1.165, 1.54) is 25.7 Å². The van der Waals surface area contributed by atoms with Gasteiger partial charge in [0.1, 0.15) is 24.4 Å². The predicted molar refractivity (Wildman–Crippen MR) is 174 cm³/mol. The van der Waals surface area contributed by atoms with Crippen molar-refractivity contribution in [3.05, 3.63) is 0 Å². The molecule has 3 atom stereocenters. The highest BCUT2D eigenvalue weighted by molar-refractivity contribution is 5.87. The number of carboxylic acid groups (broad SMARTS) is 4. The van der Waals surface area contributed by atoms with Crippen LogP contribution in [0, 0.1) is 0 Å². The maximum absolute atomic E-state index is 12.3. The smallest absolute Gasteiger partial charge is 0.326 e. The lowest BCUT2D eigenvalue weighted by molar-refractivity contribution is -0.144. The molecule has 0 fully saturated rings. The molecule has 48 heavy (non-hydrogen) atoms. The van der Waals surface area contributed by atoms with Crippen LogP contribution in [-0.2, 0) is 38.4 Å². The van der Waals surface area contributed by atoms with Crippen molar-refractivity contribution in [2.24, 2.45) is 0 Å².